The molecule has 3 heteroatoms. The summed E-state index contributed by atoms with van der Waals surface area (Å²) < 4.78 is 0. The monoisotopic (exact) mass is 269 g/mol. The molecule has 2 atom stereocenters. The predicted octanol–water partition coefficient (Wildman–Crippen LogP) is 4.18. The van der Waals surface area contributed by atoms with E-state index in [1.807, 2.05) is 6.92 Å². The SMILES string of the molecule is Cc1nnc(NCC2CCCCC2C)c2ccccc12. The third-order valence-corrected chi connectivity index (χ3v) is 4.69. The lowest BCUT2D eigenvalue weighted by Crippen LogP contribution is -2.24. The highest BCUT2D eigenvalue weighted by atomic mass is 15.2. The molecule has 3 nitrogen and oxygen atoms in total. The van der Waals surface area contributed by atoms with Crippen LogP contribution < -0.4 is 5.32 Å². The van der Waals surface area contributed by atoms with E-state index in [9.17, 15) is 0 Å². The van der Waals surface area contributed by atoms with Gasteiger partial charge in [0.25, 0.3) is 0 Å². The van der Waals surface area contributed by atoms with Crippen molar-refractivity contribution in [3.05, 3.63) is 30.0 Å². The van der Waals surface area contributed by atoms with E-state index in [1.165, 1.54) is 36.5 Å². The van der Waals surface area contributed by atoms with Crippen LogP contribution in [0.1, 0.15) is 38.3 Å². The molecule has 2 unspecified atom stereocenters. The fourth-order valence-electron chi connectivity index (χ4n) is 3.29. The molecule has 0 radical (unpaired) electrons. The molecular formula is C17H23N3. The van der Waals surface area contributed by atoms with E-state index in [-0.39, 0.29) is 0 Å². The Morgan fingerprint density at radius 3 is 2.65 bits per heavy atom. The second-order valence-electron chi connectivity index (χ2n) is 6.08. The standard InChI is InChI=1S/C17H23N3/c1-12-7-3-4-8-14(12)11-18-17-16-10-6-5-9-15(16)13(2)19-20-17/h5-6,9-10,12,14H,3-4,7-8,11H2,1-2H3,(H,18,20). The average Bonchev–Trinajstić information content (AvgIpc) is 2.48. The van der Waals surface area contributed by atoms with Crippen molar-refractivity contribution in [2.75, 3.05) is 11.9 Å². The van der Waals surface area contributed by atoms with Gasteiger partial charge in [-0.25, -0.2) is 0 Å². The number of fused-ring (bicyclic) bond motifs is 1. The molecule has 1 N–H and O–H groups in total. The summed E-state index contributed by atoms with van der Waals surface area (Å²) in [6.07, 6.45) is 5.47. The first kappa shape index (κ1) is 13.3. The minimum atomic E-state index is 0.769. The molecule has 1 heterocycles. The number of aryl methyl sites for hydroxylation is 1. The van der Waals surface area contributed by atoms with Crippen LogP contribution in [0, 0.1) is 18.8 Å². The molecule has 1 fully saturated rings. The van der Waals surface area contributed by atoms with E-state index in [4.69, 9.17) is 0 Å². The second kappa shape index (κ2) is 5.78. The molecule has 3 rings (SSSR count). The number of nitrogens with zero attached hydrogens (tertiary/aromatic N) is 2. The highest BCUT2D eigenvalue weighted by Crippen LogP contribution is 2.30. The smallest absolute Gasteiger partial charge is 0.156 e. The second-order valence-corrected chi connectivity index (χ2v) is 6.08. The Morgan fingerprint density at radius 2 is 1.85 bits per heavy atom. The lowest BCUT2D eigenvalue weighted by atomic mass is 9.80. The Balaban J connectivity index is 1.79. The van der Waals surface area contributed by atoms with Gasteiger partial charge in [-0.3, -0.25) is 0 Å². The van der Waals surface area contributed by atoms with Crippen molar-refractivity contribution in [3.8, 4) is 0 Å². The Kier molecular flexibility index (Phi) is 3.86. The third-order valence-electron chi connectivity index (χ3n) is 4.69. The van der Waals surface area contributed by atoms with Crippen LogP contribution in [0.5, 0.6) is 0 Å². The molecule has 0 saturated heterocycles. The third kappa shape index (κ3) is 2.62. The van der Waals surface area contributed by atoms with Crippen molar-refractivity contribution in [1.29, 1.82) is 0 Å². The first-order valence-electron chi connectivity index (χ1n) is 7.71. The van der Waals surface area contributed by atoms with Crippen molar-refractivity contribution >= 4 is 16.6 Å². The maximum Gasteiger partial charge on any atom is 0.156 e. The fraction of sp³-hybridized carbons (Fsp3) is 0.529. The summed E-state index contributed by atoms with van der Waals surface area (Å²) in [6, 6.07) is 8.37. The quantitative estimate of drug-likeness (QED) is 0.908. The molecule has 2 aromatic rings. The maximum absolute atomic E-state index is 4.35. The van der Waals surface area contributed by atoms with Crippen molar-refractivity contribution in [2.24, 2.45) is 11.8 Å². The first-order chi connectivity index (χ1) is 9.75. The summed E-state index contributed by atoms with van der Waals surface area (Å²) in [7, 11) is 0. The van der Waals surface area contributed by atoms with Gasteiger partial charge in [0.15, 0.2) is 5.82 Å². The lowest BCUT2D eigenvalue weighted by Gasteiger charge is -2.29. The van der Waals surface area contributed by atoms with Gasteiger partial charge < -0.3 is 5.32 Å². The van der Waals surface area contributed by atoms with E-state index < -0.39 is 0 Å². The van der Waals surface area contributed by atoms with Gasteiger partial charge in [-0.2, -0.15) is 5.10 Å². The Bertz CT molecular complexity index is 594. The normalized spacial score (nSPS) is 22.9. The number of benzene rings is 1. The summed E-state index contributed by atoms with van der Waals surface area (Å²) >= 11 is 0. The molecule has 0 aliphatic heterocycles. The molecule has 0 spiro atoms. The number of nitrogens with one attached hydrogen (secondary N) is 1. The predicted molar refractivity (Wildman–Crippen MR) is 83.9 cm³/mol. The zero-order chi connectivity index (χ0) is 13.9. The van der Waals surface area contributed by atoms with Gasteiger partial charge in [0.2, 0.25) is 0 Å². The molecule has 1 aliphatic rings. The minimum absolute atomic E-state index is 0.769. The number of anilines is 1. The van der Waals surface area contributed by atoms with Crippen LogP contribution in [0.15, 0.2) is 24.3 Å². The van der Waals surface area contributed by atoms with Crippen molar-refractivity contribution in [1.82, 2.24) is 10.2 Å². The molecular weight excluding hydrogens is 246 g/mol. The molecule has 1 aromatic heterocycles. The van der Waals surface area contributed by atoms with Gasteiger partial charge in [-0.05, 0) is 25.2 Å². The van der Waals surface area contributed by atoms with Crippen molar-refractivity contribution in [2.45, 2.75) is 39.5 Å². The number of hydrogen-bond donors (Lipinski definition) is 1. The molecule has 20 heavy (non-hydrogen) atoms. The molecule has 1 aromatic carbocycles. The van der Waals surface area contributed by atoms with Crippen molar-refractivity contribution in [3.63, 3.8) is 0 Å². The highest BCUT2D eigenvalue weighted by Gasteiger charge is 2.21. The number of aromatic nitrogens is 2. The van der Waals surface area contributed by atoms with Crippen LogP contribution in [-0.2, 0) is 0 Å². The summed E-state index contributed by atoms with van der Waals surface area (Å²) in [5, 5.41) is 14.6. The summed E-state index contributed by atoms with van der Waals surface area (Å²) in [5.74, 6) is 2.52. The molecule has 106 valence electrons. The summed E-state index contributed by atoms with van der Waals surface area (Å²) in [5.41, 5.74) is 0.997. The van der Waals surface area contributed by atoms with E-state index in [0.717, 1.165) is 29.9 Å². The molecule has 1 aliphatic carbocycles. The summed E-state index contributed by atoms with van der Waals surface area (Å²) in [6.45, 7) is 5.41. The molecule has 1 saturated carbocycles. The lowest BCUT2D eigenvalue weighted by molar-refractivity contribution is 0.268. The topological polar surface area (TPSA) is 37.8 Å². The van der Waals surface area contributed by atoms with Crippen LogP contribution >= 0.6 is 0 Å². The van der Waals surface area contributed by atoms with Gasteiger partial charge in [-0.1, -0.05) is 50.5 Å². The fourth-order valence-corrected chi connectivity index (χ4v) is 3.29. The van der Waals surface area contributed by atoms with Crippen LogP contribution in [0.4, 0.5) is 5.82 Å². The van der Waals surface area contributed by atoms with Gasteiger partial charge in [0.1, 0.15) is 0 Å². The average molecular weight is 269 g/mol. The zero-order valence-electron chi connectivity index (χ0n) is 12.4. The zero-order valence-corrected chi connectivity index (χ0v) is 12.4. The van der Waals surface area contributed by atoms with Crippen LogP contribution in [0.2, 0.25) is 0 Å². The van der Waals surface area contributed by atoms with E-state index >= 15 is 0 Å². The largest absolute Gasteiger partial charge is 0.368 e. The van der Waals surface area contributed by atoms with Crippen LogP contribution in [0.3, 0.4) is 0 Å². The first-order valence-corrected chi connectivity index (χ1v) is 7.71. The van der Waals surface area contributed by atoms with Gasteiger partial charge >= 0.3 is 0 Å². The Morgan fingerprint density at radius 1 is 1.10 bits per heavy atom. The Hall–Kier alpha value is -1.64. The summed E-state index contributed by atoms with van der Waals surface area (Å²) in [4.78, 5) is 0. The van der Waals surface area contributed by atoms with Gasteiger partial charge in [0.05, 0.1) is 5.69 Å². The maximum atomic E-state index is 4.35. The van der Waals surface area contributed by atoms with Gasteiger partial charge in [0, 0.05) is 17.3 Å². The van der Waals surface area contributed by atoms with Crippen LogP contribution in [0.25, 0.3) is 10.8 Å². The molecule has 0 amide bonds. The van der Waals surface area contributed by atoms with E-state index in [0.29, 0.717) is 0 Å². The van der Waals surface area contributed by atoms with Gasteiger partial charge in [-0.15, -0.1) is 5.10 Å². The van der Waals surface area contributed by atoms with Crippen molar-refractivity contribution < 1.29 is 0 Å². The Labute approximate surface area is 120 Å². The van der Waals surface area contributed by atoms with E-state index in [1.54, 1.807) is 0 Å². The van der Waals surface area contributed by atoms with E-state index in [2.05, 4.69) is 46.7 Å². The highest BCUT2D eigenvalue weighted by molar-refractivity contribution is 5.92. The molecule has 0 bridgehead atoms. The number of hydrogen-bond acceptors (Lipinski definition) is 3. The van der Waals surface area contributed by atoms with Crippen LogP contribution in [-0.4, -0.2) is 16.7 Å². The minimum Gasteiger partial charge on any atom is -0.368 e. The number of rotatable bonds is 3.